The van der Waals surface area contributed by atoms with Gasteiger partial charge in [0.1, 0.15) is 18.3 Å². The van der Waals surface area contributed by atoms with Gasteiger partial charge in [-0.1, -0.05) is 0 Å². The van der Waals surface area contributed by atoms with Crippen LogP contribution in [0.25, 0.3) is 0 Å². The van der Waals surface area contributed by atoms with Crippen LogP contribution in [0.3, 0.4) is 0 Å². The molecule has 0 radical (unpaired) electrons. The molecule has 0 aromatic heterocycles. The van der Waals surface area contributed by atoms with E-state index in [0.29, 0.717) is 6.61 Å². The molecule has 0 saturated carbocycles. The molecule has 154 valence electrons. The standard InChI is InChI=1S/C20H39NO5/c1-17(2,3)24-14-13-12-22-20(23-13,21(10)11)16(26-19(7,8)9)15(14)25-18(4,5)6/h13-16H,12H2,1-11H3/t13-,14-,15+,16-,20+/m1/s1. The summed E-state index contributed by atoms with van der Waals surface area (Å²) < 4.78 is 32.0. The minimum Gasteiger partial charge on any atom is -0.367 e. The van der Waals surface area contributed by atoms with Gasteiger partial charge in [0.15, 0.2) is 6.10 Å². The van der Waals surface area contributed by atoms with Crippen molar-refractivity contribution in [1.82, 2.24) is 4.90 Å². The van der Waals surface area contributed by atoms with Crippen LogP contribution in [0.1, 0.15) is 62.3 Å². The molecule has 6 heteroatoms. The molecule has 0 N–H and O–H groups in total. The van der Waals surface area contributed by atoms with Crippen LogP contribution in [-0.4, -0.2) is 72.7 Å². The monoisotopic (exact) mass is 373 g/mol. The van der Waals surface area contributed by atoms with Crippen LogP contribution in [0.2, 0.25) is 0 Å². The van der Waals surface area contributed by atoms with Crippen LogP contribution < -0.4 is 0 Å². The normalized spacial score (nSPS) is 36.0. The smallest absolute Gasteiger partial charge is 0.260 e. The summed E-state index contributed by atoms with van der Waals surface area (Å²) >= 11 is 0. The molecular formula is C20H39NO5. The summed E-state index contributed by atoms with van der Waals surface area (Å²) in [4.78, 5) is 1.94. The number of ether oxygens (including phenoxy) is 5. The first-order valence-corrected chi connectivity index (χ1v) is 9.57. The Bertz CT molecular complexity index is 488. The Hall–Kier alpha value is -0.240. The number of fused-ring (bicyclic) bond motifs is 2. The SMILES string of the molecule is CN(C)[C@@]12OC[C@@H](O1)[C@@H](OC(C)(C)C)[C@H](OC(C)(C)C)[C@H]2OC(C)(C)C. The minimum absolute atomic E-state index is 0.205. The summed E-state index contributed by atoms with van der Waals surface area (Å²) in [6.07, 6.45) is -1.26. The molecule has 2 aliphatic heterocycles. The second-order valence-corrected chi connectivity index (χ2v) is 10.5. The predicted octanol–water partition coefficient (Wildman–Crippen LogP) is 3.18. The van der Waals surface area contributed by atoms with Crippen LogP contribution in [0, 0.1) is 0 Å². The van der Waals surface area contributed by atoms with Crippen molar-refractivity contribution in [3.63, 3.8) is 0 Å². The zero-order chi connectivity index (χ0) is 20.1. The second kappa shape index (κ2) is 6.98. The van der Waals surface area contributed by atoms with Crippen LogP contribution in [-0.2, 0) is 23.7 Å². The van der Waals surface area contributed by atoms with Gasteiger partial charge in [-0.25, -0.2) is 0 Å². The van der Waals surface area contributed by atoms with E-state index in [1.807, 2.05) is 60.5 Å². The van der Waals surface area contributed by atoms with Gasteiger partial charge in [0.05, 0.1) is 23.4 Å². The highest BCUT2D eigenvalue weighted by Gasteiger charge is 2.65. The summed E-state index contributed by atoms with van der Waals surface area (Å²) in [5.74, 6) is -0.981. The highest BCUT2D eigenvalue weighted by molar-refractivity contribution is 5.04. The Balaban J connectivity index is 2.48. The first-order chi connectivity index (χ1) is 11.5. The maximum absolute atomic E-state index is 6.52. The van der Waals surface area contributed by atoms with Gasteiger partial charge in [0.2, 0.25) is 0 Å². The topological polar surface area (TPSA) is 49.4 Å². The molecule has 2 saturated heterocycles. The quantitative estimate of drug-likeness (QED) is 0.754. The van der Waals surface area contributed by atoms with Gasteiger partial charge < -0.3 is 23.7 Å². The highest BCUT2D eigenvalue weighted by atomic mass is 16.8. The summed E-state index contributed by atoms with van der Waals surface area (Å²) in [5, 5.41) is 0. The Labute approximate surface area is 159 Å². The Kier molecular flexibility index (Phi) is 5.92. The third-order valence-corrected chi connectivity index (χ3v) is 4.21. The lowest BCUT2D eigenvalue weighted by Gasteiger charge is -2.52. The maximum Gasteiger partial charge on any atom is 0.260 e. The van der Waals surface area contributed by atoms with Gasteiger partial charge in [0.25, 0.3) is 5.91 Å². The summed E-state index contributed by atoms with van der Waals surface area (Å²) in [7, 11) is 3.89. The number of rotatable bonds is 4. The molecule has 0 spiro atoms. The Morgan fingerprint density at radius 1 is 0.769 bits per heavy atom. The highest BCUT2D eigenvalue weighted by Crippen LogP contribution is 2.45. The van der Waals surface area contributed by atoms with E-state index >= 15 is 0 Å². The molecule has 0 unspecified atom stereocenters. The average Bonchev–Trinajstić information content (AvgIpc) is 2.78. The van der Waals surface area contributed by atoms with Gasteiger partial charge in [0, 0.05) is 0 Å². The van der Waals surface area contributed by atoms with E-state index in [-0.39, 0.29) is 35.1 Å². The lowest BCUT2D eigenvalue weighted by Crippen LogP contribution is -2.70. The Morgan fingerprint density at radius 3 is 1.65 bits per heavy atom. The third-order valence-electron chi connectivity index (χ3n) is 4.21. The summed E-state index contributed by atoms with van der Waals surface area (Å²) in [5.41, 5.74) is -1.07. The molecule has 0 aliphatic carbocycles. The molecule has 0 aromatic rings. The first kappa shape index (κ1) is 22.1. The van der Waals surface area contributed by atoms with E-state index in [2.05, 4.69) is 20.8 Å². The van der Waals surface area contributed by atoms with Gasteiger partial charge in [-0.15, -0.1) is 0 Å². The van der Waals surface area contributed by atoms with Crippen molar-refractivity contribution in [2.24, 2.45) is 0 Å². The Morgan fingerprint density at radius 2 is 1.23 bits per heavy atom. The van der Waals surface area contributed by atoms with Gasteiger partial charge in [-0.05, 0) is 76.4 Å². The van der Waals surface area contributed by atoms with Crippen molar-refractivity contribution in [1.29, 1.82) is 0 Å². The van der Waals surface area contributed by atoms with Crippen LogP contribution in [0.4, 0.5) is 0 Å². The maximum atomic E-state index is 6.52. The van der Waals surface area contributed by atoms with E-state index in [0.717, 1.165) is 0 Å². The largest absolute Gasteiger partial charge is 0.367 e. The summed E-state index contributed by atoms with van der Waals surface area (Å²) in [6, 6.07) is 0. The van der Waals surface area contributed by atoms with Crippen molar-refractivity contribution < 1.29 is 23.7 Å². The molecule has 2 rings (SSSR count). The van der Waals surface area contributed by atoms with Crippen LogP contribution in [0.5, 0.6) is 0 Å². The first-order valence-electron chi connectivity index (χ1n) is 9.57. The van der Waals surface area contributed by atoms with E-state index in [9.17, 15) is 0 Å². The zero-order valence-corrected chi connectivity index (χ0v) is 18.5. The van der Waals surface area contributed by atoms with Crippen molar-refractivity contribution in [3.8, 4) is 0 Å². The van der Waals surface area contributed by atoms with Crippen molar-refractivity contribution in [3.05, 3.63) is 0 Å². The van der Waals surface area contributed by atoms with E-state index < -0.39 is 12.0 Å². The zero-order valence-electron chi connectivity index (χ0n) is 18.5. The fourth-order valence-electron chi connectivity index (χ4n) is 3.49. The number of likely N-dealkylation sites (N-methyl/N-ethyl adjacent to an activating group) is 1. The van der Waals surface area contributed by atoms with Gasteiger partial charge in [-0.3, -0.25) is 4.90 Å². The molecule has 2 bridgehead atoms. The molecule has 5 atom stereocenters. The van der Waals surface area contributed by atoms with Gasteiger partial charge >= 0.3 is 0 Å². The molecule has 26 heavy (non-hydrogen) atoms. The number of hydrogen-bond acceptors (Lipinski definition) is 6. The van der Waals surface area contributed by atoms with Crippen LogP contribution in [0.15, 0.2) is 0 Å². The average molecular weight is 374 g/mol. The van der Waals surface area contributed by atoms with Crippen LogP contribution >= 0.6 is 0 Å². The predicted molar refractivity (Wildman–Crippen MR) is 101 cm³/mol. The lowest BCUT2D eigenvalue weighted by molar-refractivity contribution is -0.383. The second-order valence-electron chi connectivity index (χ2n) is 10.5. The number of nitrogens with zero attached hydrogens (tertiary/aromatic N) is 1. The van der Waals surface area contributed by atoms with E-state index in [1.54, 1.807) is 0 Å². The minimum atomic E-state index is -0.981. The van der Waals surface area contributed by atoms with Crippen molar-refractivity contribution in [2.45, 2.75) is 109 Å². The van der Waals surface area contributed by atoms with E-state index in [1.165, 1.54) is 0 Å². The molecule has 0 aromatic carbocycles. The fraction of sp³-hybridized carbons (Fsp3) is 1.00. The molecule has 6 nitrogen and oxygen atoms in total. The van der Waals surface area contributed by atoms with Gasteiger partial charge in [-0.2, -0.15) is 0 Å². The summed E-state index contributed by atoms with van der Waals surface area (Å²) in [6.45, 7) is 18.8. The number of hydrogen-bond donors (Lipinski definition) is 0. The third kappa shape index (κ3) is 4.97. The molecule has 2 heterocycles. The molecule has 2 aliphatic rings. The molecule has 0 amide bonds. The van der Waals surface area contributed by atoms with Crippen molar-refractivity contribution in [2.75, 3.05) is 20.7 Å². The molecule has 2 fully saturated rings. The lowest BCUT2D eigenvalue weighted by atomic mass is 9.94. The van der Waals surface area contributed by atoms with Crippen molar-refractivity contribution >= 4 is 0 Å². The van der Waals surface area contributed by atoms with E-state index in [4.69, 9.17) is 23.7 Å². The molecular weight excluding hydrogens is 334 g/mol. The fourth-order valence-corrected chi connectivity index (χ4v) is 3.49.